The first kappa shape index (κ1) is 18.3. The quantitative estimate of drug-likeness (QED) is 0.323. The van der Waals surface area contributed by atoms with Crippen LogP contribution in [0.5, 0.6) is 0 Å². The summed E-state index contributed by atoms with van der Waals surface area (Å²) in [5, 5.41) is 0. The Morgan fingerprint density at radius 2 is 1.92 bits per heavy atom. The minimum absolute atomic E-state index is 0.0836. The Morgan fingerprint density at radius 1 is 1.16 bits per heavy atom. The van der Waals surface area contributed by atoms with E-state index in [9.17, 15) is 0 Å². The van der Waals surface area contributed by atoms with Crippen LogP contribution in [0.15, 0.2) is 69.4 Å². The number of rotatable bonds is 3. The summed E-state index contributed by atoms with van der Waals surface area (Å²) in [4.78, 5) is 0. The van der Waals surface area contributed by atoms with E-state index in [0.717, 1.165) is 12.8 Å². The second kappa shape index (κ2) is 6.21. The van der Waals surface area contributed by atoms with Gasteiger partial charge in [0, 0.05) is 0 Å². The van der Waals surface area contributed by atoms with Gasteiger partial charge in [-0.15, -0.1) is 0 Å². The molecule has 131 valence electrons. The van der Waals surface area contributed by atoms with Crippen LogP contribution in [0.2, 0.25) is 3.17 Å². The zero-order chi connectivity index (χ0) is 18.0. The van der Waals surface area contributed by atoms with Gasteiger partial charge in [-0.1, -0.05) is 0 Å². The molecule has 0 fully saturated rings. The minimum atomic E-state index is -2.91. The van der Waals surface area contributed by atoms with Crippen LogP contribution in [0.1, 0.15) is 53.4 Å². The van der Waals surface area contributed by atoms with Crippen LogP contribution < -0.4 is 0 Å². The topological polar surface area (TPSA) is 0 Å². The van der Waals surface area contributed by atoms with Crippen LogP contribution in [-0.4, -0.2) is 0 Å². The fourth-order valence-corrected chi connectivity index (χ4v) is 16.3. The molecule has 0 saturated heterocycles. The molecular formula is C22H25Cl2Hf. The van der Waals surface area contributed by atoms with Crippen molar-refractivity contribution in [1.29, 1.82) is 0 Å². The molecule has 0 aliphatic heterocycles. The van der Waals surface area contributed by atoms with Crippen molar-refractivity contribution >= 4 is 17.2 Å². The van der Waals surface area contributed by atoms with E-state index in [4.69, 9.17) is 17.2 Å². The van der Waals surface area contributed by atoms with E-state index in [2.05, 4.69) is 58.1 Å². The van der Waals surface area contributed by atoms with Crippen molar-refractivity contribution < 1.29 is 19.1 Å². The summed E-state index contributed by atoms with van der Waals surface area (Å²) in [7, 11) is 14.0. The standard InChI is InChI=1S/C22H25.2ClH.Hf/c1-5-17-14(2)21-18(20(17)16-8-6-7-9-16)12-10-15-11-13-19(15)22(21,3)4;;;/h6-8,10,12H,5,9,11,13H2,1-4H3;2*1H;/q;;;+2/p-2. The molecule has 25 heavy (non-hydrogen) atoms. The monoisotopic (exact) mass is 539 g/mol. The van der Waals surface area contributed by atoms with Crippen molar-refractivity contribution in [1.82, 2.24) is 0 Å². The maximum atomic E-state index is 7.01. The zero-order valence-electron chi connectivity index (χ0n) is 15.5. The molecule has 0 aromatic carbocycles. The van der Waals surface area contributed by atoms with Crippen LogP contribution in [-0.2, 0) is 19.1 Å². The van der Waals surface area contributed by atoms with Crippen LogP contribution in [0.4, 0.5) is 0 Å². The Bertz CT molecular complexity index is 830. The Morgan fingerprint density at radius 3 is 2.44 bits per heavy atom. The Hall–Kier alpha value is -0.110. The van der Waals surface area contributed by atoms with Crippen molar-refractivity contribution in [2.45, 2.75) is 56.5 Å². The van der Waals surface area contributed by atoms with Crippen molar-refractivity contribution in [2.75, 3.05) is 0 Å². The van der Waals surface area contributed by atoms with Gasteiger partial charge < -0.3 is 0 Å². The molecule has 0 nitrogen and oxygen atoms in total. The molecule has 0 saturated carbocycles. The van der Waals surface area contributed by atoms with Gasteiger partial charge in [0.15, 0.2) is 0 Å². The molecule has 0 bridgehead atoms. The van der Waals surface area contributed by atoms with Crippen molar-refractivity contribution in [2.24, 2.45) is 5.41 Å². The average Bonchev–Trinajstić information content (AvgIpc) is 3.08. The molecule has 1 unspecified atom stereocenters. The van der Waals surface area contributed by atoms with E-state index < -0.39 is 19.1 Å². The third kappa shape index (κ3) is 2.28. The molecular weight excluding hydrogens is 514 g/mol. The molecule has 3 heteroatoms. The van der Waals surface area contributed by atoms with Crippen molar-refractivity contribution in [3.8, 4) is 0 Å². The summed E-state index contributed by atoms with van der Waals surface area (Å²) < 4.78 is -0.163. The molecule has 0 aromatic heterocycles. The van der Waals surface area contributed by atoms with Crippen LogP contribution in [0, 0.1) is 5.41 Å². The molecule has 0 amide bonds. The third-order valence-electron chi connectivity index (χ3n) is 6.71. The van der Waals surface area contributed by atoms with Gasteiger partial charge in [0.1, 0.15) is 0 Å². The van der Waals surface area contributed by atoms with Crippen LogP contribution >= 0.6 is 17.2 Å². The second-order valence-electron chi connectivity index (χ2n) is 8.04. The van der Waals surface area contributed by atoms with Crippen LogP contribution in [0.25, 0.3) is 0 Å². The van der Waals surface area contributed by atoms with E-state index in [1.807, 2.05) is 0 Å². The molecule has 0 spiro atoms. The summed E-state index contributed by atoms with van der Waals surface area (Å²) in [6, 6.07) is 0. The summed E-state index contributed by atoms with van der Waals surface area (Å²) >= 11 is -2.91. The number of allylic oxidation sites excluding steroid dienone is 12. The molecule has 1 atom stereocenters. The summed E-state index contributed by atoms with van der Waals surface area (Å²) in [5.74, 6) is 0. The molecule has 0 aromatic rings. The first-order valence-electron chi connectivity index (χ1n) is 9.27. The molecule has 0 radical (unpaired) electrons. The normalized spacial score (nSPS) is 29.6. The first-order chi connectivity index (χ1) is 11.9. The van der Waals surface area contributed by atoms with Gasteiger partial charge in [0.25, 0.3) is 0 Å². The summed E-state index contributed by atoms with van der Waals surface area (Å²) in [6.45, 7) is 9.41. The summed E-state index contributed by atoms with van der Waals surface area (Å²) in [6.07, 6.45) is 15.9. The van der Waals surface area contributed by atoms with Gasteiger partial charge in [0.2, 0.25) is 0 Å². The zero-order valence-corrected chi connectivity index (χ0v) is 20.6. The number of halogens is 2. The van der Waals surface area contributed by atoms with E-state index >= 15 is 0 Å². The molecule has 0 N–H and O–H groups in total. The number of hydrogen-bond acceptors (Lipinski definition) is 0. The third-order valence-corrected chi connectivity index (χ3v) is 16.6. The maximum absolute atomic E-state index is 7.01. The van der Waals surface area contributed by atoms with Crippen molar-refractivity contribution in [3.63, 3.8) is 0 Å². The Labute approximate surface area is 166 Å². The first-order valence-corrected chi connectivity index (χ1v) is 20.0. The second-order valence-corrected chi connectivity index (χ2v) is 20.4. The Kier molecular flexibility index (Phi) is 4.54. The predicted molar refractivity (Wildman–Crippen MR) is 105 cm³/mol. The van der Waals surface area contributed by atoms with E-state index in [-0.39, 0.29) is 8.59 Å². The molecule has 4 aliphatic rings. The molecule has 4 aliphatic carbocycles. The van der Waals surface area contributed by atoms with Gasteiger partial charge in [-0.3, -0.25) is 0 Å². The number of hydrogen-bond donors (Lipinski definition) is 0. The average molecular weight is 539 g/mol. The van der Waals surface area contributed by atoms with Gasteiger partial charge in [-0.05, 0) is 0 Å². The fraction of sp³-hybridized carbons (Fsp3) is 0.455. The van der Waals surface area contributed by atoms with E-state index in [0.29, 0.717) is 0 Å². The molecule has 0 heterocycles. The Balaban J connectivity index is 2.04. The van der Waals surface area contributed by atoms with Gasteiger partial charge in [0.05, 0.1) is 0 Å². The fourth-order valence-electron chi connectivity index (χ4n) is 5.58. The van der Waals surface area contributed by atoms with Crippen LogP contribution in [0.3, 0.4) is 0 Å². The van der Waals surface area contributed by atoms with Gasteiger partial charge >= 0.3 is 168 Å². The van der Waals surface area contributed by atoms with E-state index in [1.54, 1.807) is 5.57 Å². The van der Waals surface area contributed by atoms with Gasteiger partial charge in [-0.2, -0.15) is 0 Å². The predicted octanol–water partition coefficient (Wildman–Crippen LogP) is 7.68. The van der Waals surface area contributed by atoms with Gasteiger partial charge in [-0.25, -0.2) is 0 Å². The SMILES string of the molecule is CCC1=C(C)C2=C(C=CC3=C(CC3)C2(C)C)[C]1(C1=CC=CC1)[Hf]([Cl])[Cl]. The summed E-state index contributed by atoms with van der Waals surface area (Å²) in [5.41, 5.74) is 10.6. The van der Waals surface area contributed by atoms with E-state index in [1.165, 1.54) is 46.3 Å². The molecule has 4 rings (SSSR count). The van der Waals surface area contributed by atoms with Crippen molar-refractivity contribution in [3.05, 3.63) is 69.4 Å².